The number of benzene rings is 1. The maximum Gasteiger partial charge on any atom is 0.418 e. The lowest BCUT2D eigenvalue weighted by atomic mass is 10.1. The second kappa shape index (κ2) is 6.99. The number of nitrogens with zero attached hydrogens (tertiary/aromatic N) is 4. The number of fused-ring (bicyclic) bond motifs is 1. The topological polar surface area (TPSA) is 85.9 Å². The third kappa shape index (κ3) is 4.00. The van der Waals surface area contributed by atoms with Crippen molar-refractivity contribution in [1.29, 1.82) is 0 Å². The van der Waals surface area contributed by atoms with Gasteiger partial charge < -0.3 is 5.32 Å². The minimum Gasteiger partial charge on any atom is -0.375 e. The van der Waals surface area contributed by atoms with Crippen molar-refractivity contribution in [2.24, 2.45) is 0 Å². The summed E-state index contributed by atoms with van der Waals surface area (Å²) in [6.45, 7) is 4.36. The minimum atomic E-state index is -4.77. The molecule has 0 bridgehead atoms. The molecule has 0 amide bonds. The predicted octanol–water partition coefficient (Wildman–Crippen LogP) is 4.41. The van der Waals surface area contributed by atoms with Gasteiger partial charge in [0.15, 0.2) is 5.82 Å². The molecular weight excluding hydrogens is 387 g/mol. The van der Waals surface area contributed by atoms with Crippen LogP contribution in [0.5, 0.6) is 0 Å². The minimum absolute atomic E-state index is 0.0457. The van der Waals surface area contributed by atoms with Crippen LogP contribution in [0.25, 0.3) is 0 Å². The number of nitro groups is 1. The van der Waals surface area contributed by atoms with Gasteiger partial charge in [-0.2, -0.15) is 18.3 Å². The van der Waals surface area contributed by atoms with Crippen LogP contribution >= 0.6 is 11.6 Å². The van der Waals surface area contributed by atoms with E-state index in [-0.39, 0.29) is 17.6 Å². The molecule has 0 aliphatic carbocycles. The molecule has 7 nitrogen and oxygen atoms in total. The highest BCUT2D eigenvalue weighted by Gasteiger charge is 2.36. The highest BCUT2D eigenvalue weighted by Crippen LogP contribution is 2.40. The molecule has 0 radical (unpaired) electrons. The normalized spacial score (nSPS) is 17.1. The number of aromatic nitrogens is 3. The number of rotatable bonds is 4. The van der Waals surface area contributed by atoms with Gasteiger partial charge in [-0.15, -0.1) is 0 Å². The van der Waals surface area contributed by atoms with Crippen molar-refractivity contribution in [2.45, 2.75) is 51.4 Å². The Balaban J connectivity index is 1.87. The van der Waals surface area contributed by atoms with Gasteiger partial charge in [-0.25, -0.2) is 9.67 Å². The maximum atomic E-state index is 13.0. The van der Waals surface area contributed by atoms with E-state index in [0.29, 0.717) is 31.3 Å². The van der Waals surface area contributed by atoms with E-state index in [1.807, 2.05) is 13.8 Å². The molecule has 1 atom stereocenters. The van der Waals surface area contributed by atoms with E-state index in [9.17, 15) is 23.3 Å². The lowest BCUT2D eigenvalue weighted by Crippen LogP contribution is -2.32. The van der Waals surface area contributed by atoms with Gasteiger partial charge in [-0.1, -0.05) is 25.4 Å². The van der Waals surface area contributed by atoms with Crippen LogP contribution in [-0.2, 0) is 19.1 Å². The van der Waals surface area contributed by atoms with Gasteiger partial charge >= 0.3 is 6.18 Å². The summed E-state index contributed by atoms with van der Waals surface area (Å²) in [5.74, 6) is 1.72. The third-order valence-electron chi connectivity index (χ3n) is 4.34. The standard InChI is InChI=1S/C16H17ClF3N5O2/c1-8(2)15-22-14-4-3-9(7-24(14)23-15)21-12-6-11(17)10(16(18,19)20)5-13(12)25(26)27/h5-6,8-9,21H,3-4,7H2,1-2H3/t9-/m1/s1. The highest BCUT2D eigenvalue weighted by atomic mass is 35.5. The second-order valence-corrected chi connectivity index (χ2v) is 7.11. The molecule has 1 aromatic carbocycles. The van der Waals surface area contributed by atoms with E-state index in [1.54, 1.807) is 4.68 Å². The smallest absolute Gasteiger partial charge is 0.375 e. The number of nitro benzene ring substituents is 1. The molecule has 3 rings (SSSR count). The van der Waals surface area contributed by atoms with E-state index < -0.39 is 27.4 Å². The molecule has 1 aromatic heterocycles. The summed E-state index contributed by atoms with van der Waals surface area (Å²) < 4.78 is 40.6. The van der Waals surface area contributed by atoms with Gasteiger partial charge in [0.25, 0.3) is 5.69 Å². The van der Waals surface area contributed by atoms with Crippen LogP contribution in [0.4, 0.5) is 24.5 Å². The van der Waals surface area contributed by atoms with Crippen LogP contribution < -0.4 is 5.32 Å². The zero-order valence-electron chi connectivity index (χ0n) is 14.5. The molecule has 0 unspecified atom stereocenters. The lowest BCUT2D eigenvalue weighted by Gasteiger charge is -2.24. The molecule has 1 aliphatic rings. The molecule has 1 aliphatic heterocycles. The first-order chi connectivity index (χ1) is 12.6. The molecule has 0 saturated carbocycles. The van der Waals surface area contributed by atoms with Crippen LogP contribution in [0.15, 0.2) is 12.1 Å². The van der Waals surface area contributed by atoms with Gasteiger partial charge in [0.05, 0.1) is 22.1 Å². The Bertz CT molecular complexity index is 882. The molecule has 2 aromatic rings. The average molecular weight is 404 g/mol. The van der Waals surface area contributed by atoms with Crippen LogP contribution in [-0.4, -0.2) is 25.7 Å². The quantitative estimate of drug-likeness (QED) is 0.603. The molecule has 146 valence electrons. The number of aryl methyl sites for hydroxylation is 1. The fraction of sp³-hybridized carbons (Fsp3) is 0.500. The van der Waals surface area contributed by atoms with Crippen molar-refractivity contribution in [3.05, 3.63) is 44.5 Å². The first-order valence-electron chi connectivity index (χ1n) is 8.31. The number of hydrogen-bond acceptors (Lipinski definition) is 5. The molecule has 2 heterocycles. The summed E-state index contributed by atoms with van der Waals surface area (Å²) in [4.78, 5) is 14.9. The SMILES string of the molecule is CC(C)c1nc2n(n1)C[C@H](Nc1cc(Cl)c(C(F)(F)F)cc1[N+](=O)[O-])CC2. The third-order valence-corrected chi connectivity index (χ3v) is 4.65. The Labute approximate surface area is 157 Å². The number of anilines is 1. The van der Waals surface area contributed by atoms with E-state index in [0.717, 1.165) is 11.9 Å². The Morgan fingerprint density at radius 1 is 1.41 bits per heavy atom. The van der Waals surface area contributed by atoms with Crippen molar-refractivity contribution in [2.75, 3.05) is 5.32 Å². The summed E-state index contributed by atoms with van der Waals surface area (Å²) in [5, 5.41) is 18.0. The Kier molecular flexibility index (Phi) is 5.02. The van der Waals surface area contributed by atoms with Crippen LogP contribution in [0.1, 0.15) is 43.4 Å². The van der Waals surface area contributed by atoms with Crippen molar-refractivity contribution < 1.29 is 18.1 Å². The molecule has 11 heteroatoms. The Morgan fingerprint density at radius 2 is 2.11 bits per heavy atom. The zero-order valence-corrected chi connectivity index (χ0v) is 15.3. The zero-order chi connectivity index (χ0) is 19.9. The van der Waals surface area contributed by atoms with Crippen LogP contribution in [0, 0.1) is 10.1 Å². The van der Waals surface area contributed by atoms with Gasteiger partial charge in [0, 0.05) is 24.4 Å². The van der Waals surface area contributed by atoms with E-state index in [2.05, 4.69) is 15.4 Å². The van der Waals surface area contributed by atoms with Gasteiger partial charge in [0.1, 0.15) is 11.5 Å². The maximum absolute atomic E-state index is 13.0. The molecule has 0 spiro atoms. The van der Waals surface area contributed by atoms with Crippen LogP contribution in [0.3, 0.4) is 0 Å². The monoisotopic (exact) mass is 403 g/mol. The lowest BCUT2D eigenvalue weighted by molar-refractivity contribution is -0.384. The van der Waals surface area contributed by atoms with Gasteiger partial charge in [-0.05, 0) is 12.5 Å². The summed E-state index contributed by atoms with van der Waals surface area (Å²) in [6, 6.07) is 1.18. The summed E-state index contributed by atoms with van der Waals surface area (Å²) >= 11 is 5.72. The van der Waals surface area contributed by atoms with Crippen molar-refractivity contribution in [3.63, 3.8) is 0 Å². The summed E-state index contributed by atoms with van der Waals surface area (Å²) in [6.07, 6.45) is -3.54. The Hall–Kier alpha value is -2.36. The first kappa shape index (κ1) is 19.4. The van der Waals surface area contributed by atoms with Crippen molar-refractivity contribution in [1.82, 2.24) is 14.8 Å². The second-order valence-electron chi connectivity index (χ2n) is 6.71. The van der Waals surface area contributed by atoms with Crippen molar-refractivity contribution in [3.8, 4) is 0 Å². The molecule has 0 saturated heterocycles. The number of halogens is 4. The highest BCUT2D eigenvalue weighted by molar-refractivity contribution is 6.31. The summed E-state index contributed by atoms with van der Waals surface area (Å²) in [5.41, 5.74) is -1.94. The molecule has 1 N–H and O–H groups in total. The molecule has 27 heavy (non-hydrogen) atoms. The average Bonchev–Trinajstić information content (AvgIpc) is 2.97. The first-order valence-corrected chi connectivity index (χ1v) is 8.69. The van der Waals surface area contributed by atoms with Gasteiger partial charge in [-0.3, -0.25) is 10.1 Å². The number of hydrogen-bond donors (Lipinski definition) is 1. The fourth-order valence-electron chi connectivity index (χ4n) is 2.96. The van der Waals surface area contributed by atoms with E-state index >= 15 is 0 Å². The van der Waals surface area contributed by atoms with Crippen LogP contribution in [0.2, 0.25) is 5.02 Å². The van der Waals surface area contributed by atoms with Crippen molar-refractivity contribution >= 4 is 23.0 Å². The van der Waals surface area contributed by atoms with Gasteiger partial charge in [0.2, 0.25) is 0 Å². The largest absolute Gasteiger partial charge is 0.418 e. The fourth-order valence-corrected chi connectivity index (χ4v) is 3.23. The summed E-state index contributed by atoms with van der Waals surface area (Å²) in [7, 11) is 0. The molecule has 0 fully saturated rings. The predicted molar refractivity (Wildman–Crippen MR) is 93.0 cm³/mol. The van der Waals surface area contributed by atoms with E-state index in [4.69, 9.17) is 11.6 Å². The number of nitrogens with one attached hydrogen (secondary N) is 1. The Morgan fingerprint density at radius 3 is 2.70 bits per heavy atom. The number of alkyl halides is 3. The van der Waals surface area contributed by atoms with E-state index in [1.165, 1.54) is 0 Å². The molecular formula is C16H17ClF3N5O2.